The average molecular weight is 229 g/mol. The molecule has 0 aliphatic rings. The number of carbonyl (C=O) groups excluding carboxylic acids is 1. The molecule has 0 spiro atoms. The molecule has 0 aliphatic carbocycles. The van der Waals surface area contributed by atoms with Crippen LogP contribution in [0.25, 0.3) is 0 Å². The van der Waals surface area contributed by atoms with E-state index in [9.17, 15) is 9.59 Å². The van der Waals surface area contributed by atoms with Gasteiger partial charge in [-0.15, -0.1) is 0 Å². The van der Waals surface area contributed by atoms with Gasteiger partial charge in [0.1, 0.15) is 0 Å². The number of carboxylic acids is 1. The fourth-order valence-corrected chi connectivity index (χ4v) is 1.39. The van der Waals surface area contributed by atoms with E-state index in [4.69, 9.17) is 5.11 Å². The lowest BCUT2D eigenvalue weighted by Gasteiger charge is -2.10. The molecule has 1 heterocycles. The Morgan fingerprint density at radius 2 is 2.40 bits per heavy atom. The number of hydrogen-bond acceptors (Lipinski definition) is 5. The molecule has 0 saturated heterocycles. The number of hydrogen-bond donors (Lipinski definition) is 2. The van der Waals surface area contributed by atoms with Crippen LogP contribution < -0.4 is 5.32 Å². The third-order valence-electron chi connectivity index (χ3n) is 1.76. The van der Waals surface area contributed by atoms with E-state index in [2.05, 4.69) is 14.1 Å². The van der Waals surface area contributed by atoms with Gasteiger partial charge >= 0.3 is 5.97 Å². The Hall–Kier alpha value is -1.50. The van der Waals surface area contributed by atoms with Gasteiger partial charge in [0, 0.05) is 12.5 Å². The molecule has 6 nitrogen and oxygen atoms in total. The zero-order valence-corrected chi connectivity index (χ0v) is 8.95. The second-order valence-corrected chi connectivity index (χ2v) is 3.66. The van der Waals surface area contributed by atoms with Crippen LogP contribution in [0.5, 0.6) is 0 Å². The highest BCUT2D eigenvalue weighted by Crippen LogP contribution is 2.00. The smallest absolute Gasteiger partial charge is 0.303 e. The van der Waals surface area contributed by atoms with Gasteiger partial charge in [-0.3, -0.25) is 9.59 Å². The van der Waals surface area contributed by atoms with Crippen molar-refractivity contribution >= 4 is 23.6 Å². The van der Waals surface area contributed by atoms with Crippen LogP contribution in [0.1, 0.15) is 30.3 Å². The van der Waals surface area contributed by atoms with Crippen molar-refractivity contribution in [3.05, 3.63) is 11.9 Å². The lowest BCUT2D eigenvalue weighted by molar-refractivity contribution is -0.137. The number of nitrogens with one attached hydrogen (secondary N) is 1. The summed E-state index contributed by atoms with van der Waals surface area (Å²) in [5.74, 6) is -1.19. The maximum atomic E-state index is 11.4. The molecule has 0 saturated carbocycles. The molecule has 1 unspecified atom stereocenters. The molecule has 1 aromatic heterocycles. The largest absolute Gasteiger partial charge is 0.481 e. The van der Waals surface area contributed by atoms with Crippen molar-refractivity contribution in [2.24, 2.45) is 0 Å². The number of aromatic nitrogens is 2. The van der Waals surface area contributed by atoms with Crippen molar-refractivity contribution in [2.45, 2.75) is 25.8 Å². The first-order chi connectivity index (χ1) is 7.09. The van der Waals surface area contributed by atoms with Crippen LogP contribution >= 0.6 is 11.7 Å². The zero-order chi connectivity index (χ0) is 11.3. The van der Waals surface area contributed by atoms with E-state index in [0.29, 0.717) is 6.42 Å². The van der Waals surface area contributed by atoms with Gasteiger partial charge in [-0.25, -0.2) is 0 Å². The van der Waals surface area contributed by atoms with E-state index in [0.717, 1.165) is 11.7 Å². The molecule has 1 rings (SSSR count). The molecular weight excluding hydrogens is 218 g/mol. The standard InChI is InChI=1S/C8H11N3O3S/c1-5(2-3-7(12)13)10-8(14)6-4-9-15-11-6/h4-5H,2-3H2,1H3,(H,10,14)(H,12,13). The Kier molecular flexibility index (Phi) is 4.17. The summed E-state index contributed by atoms with van der Waals surface area (Å²) in [4.78, 5) is 21.7. The lowest BCUT2D eigenvalue weighted by atomic mass is 10.2. The third kappa shape index (κ3) is 4.03. The van der Waals surface area contributed by atoms with Gasteiger partial charge in [-0.05, 0) is 13.3 Å². The molecule has 2 N–H and O–H groups in total. The molecular formula is C8H11N3O3S. The molecule has 0 aliphatic heterocycles. The molecule has 15 heavy (non-hydrogen) atoms. The molecule has 1 aromatic rings. The normalized spacial score (nSPS) is 12.1. The fourth-order valence-electron chi connectivity index (χ4n) is 0.975. The maximum absolute atomic E-state index is 11.4. The van der Waals surface area contributed by atoms with Crippen LogP contribution in [0.15, 0.2) is 6.20 Å². The van der Waals surface area contributed by atoms with Gasteiger partial charge in [0.15, 0.2) is 5.69 Å². The van der Waals surface area contributed by atoms with E-state index in [1.54, 1.807) is 6.92 Å². The monoisotopic (exact) mass is 229 g/mol. The van der Waals surface area contributed by atoms with Crippen molar-refractivity contribution in [1.82, 2.24) is 14.1 Å². The van der Waals surface area contributed by atoms with Gasteiger partial charge in [0.05, 0.1) is 17.9 Å². The van der Waals surface area contributed by atoms with Gasteiger partial charge in [0.25, 0.3) is 5.91 Å². The summed E-state index contributed by atoms with van der Waals surface area (Å²) in [5, 5.41) is 11.1. The Bertz CT molecular complexity index is 339. The first-order valence-electron chi connectivity index (χ1n) is 4.40. The topological polar surface area (TPSA) is 92.2 Å². The highest BCUT2D eigenvalue weighted by Gasteiger charge is 2.12. The van der Waals surface area contributed by atoms with E-state index in [1.807, 2.05) is 0 Å². The number of carboxylic acid groups (broad SMARTS) is 1. The Morgan fingerprint density at radius 1 is 1.67 bits per heavy atom. The van der Waals surface area contributed by atoms with E-state index >= 15 is 0 Å². The molecule has 7 heteroatoms. The molecule has 1 atom stereocenters. The molecule has 1 amide bonds. The van der Waals surface area contributed by atoms with Crippen molar-refractivity contribution in [2.75, 3.05) is 0 Å². The summed E-state index contributed by atoms with van der Waals surface area (Å²) >= 11 is 0.958. The average Bonchev–Trinajstić information content (AvgIpc) is 2.67. The highest BCUT2D eigenvalue weighted by atomic mass is 32.1. The van der Waals surface area contributed by atoms with Crippen LogP contribution in [0.3, 0.4) is 0 Å². The predicted octanol–water partition coefficient (Wildman–Crippen LogP) is 0.521. The third-order valence-corrected chi connectivity index (χ3v) is 2.24. The number of carbonyl (C=O) groups is 2. The zero-order valence-electron chi connectivity index (χ0n) is 8.14. The minimum atomic E-state index is -0.869. The SMILES string of the molecule is CC(CCC(=O)O)NC(=O)c1cnsn1. The summed E-state index contributed by atoms with van der Waals surface area (Å²) < 4.78 is 7.47. The van der Waals surface area contributed by atoms with E-state index in [1.165, 1.54) is 6.20 Å². The van der Waals surface area contributed by atoms with Gasteiger partial charge < -0.3 is 10.4 Å². The maximum Gasteiger partial charge on any atom is 0.303 e. The Morgan fingerprint density at radius 3 is 2.93 bits per heavy atom. The Labute approximate surface area is 90.7 Å². The molecule has 0 aromatic carbocycles. The number of amides is 1. The molecule has 0 fully saturated rings. The van der Waals surface area contributed by atoms with Gasteiger partial charge in [-0.1, -0.05) is 0 Å². The van der Waals surface area contributed by atoms with Crippen molar-refractivity contribution < 1.29 is 14.7 Å². The number of aliphatic carboxylic acids is 1. The van der Waals surface area contributed by atoms with Crippen molar-refractivity contribution in [3.63, 3.8) is 0 Å². The minimum Gasteiger partial charge on any atom is -0.481 e. The van der Waals surface area contributed by atoms with Crippen LogP contribution in [0.2, 0.25) is 0 Å². The summed E-state index contributed by atoms with van der Waals surface area (Å²) in [6.07, 6.45) is 1.82. The minimum absolute atomic E-state index is 0.0385. The van der Waals surface area contributed by atoms with Crippen LogP contribution in [-0.2, 0) is 4.79 Å². The Balaban J connectivity index is 2.35. The van der Waals surface area contributed by atoms with Gasteiger partial charge in [-0.2, -0.15) is 8.75 Å². The second-order valence-electron chi connectivity index (χ2n) is 3.10. The summed E-state index contributed by atoms with van der Waals surface area (Å²) in [7, 11) is 0. The molecule has 0 bridgehead atoms. The quantitative estimate of drug-likeness (QED) is 0.768. The fraction of sp³-hybridized carbons (Fsp3) is 0.500. The second kappa shape index (κ2) is 5.40. The summed E-state index contributed by atoms with van der Waals surface area (Å²) in [6, 6.07) is -0.185. The number of rotatable bonds is 5. The summed E-state index contributed by atoms with van der Waals surface area (Å²) in [5.41, 5.74) is 0.266. The van der Waals surface area contributed by atoms with E-state index in [-0.39, 0.29) is 24.1 Å². The van der Waals surface area contributed by atoms with Crippen LogP contribution in [0.4, 0.5) is 0 Å². The number of nitrogens with zero attached hydrogens (tertiary/aromatic N) is 2. The molecule has 0 radical (unpaired) electrons. The van der Waals surface area contributed by atoms with Crippen molar-refractivity contribution in [3.8, 4) is 0 Å². The predicted molar refractivity (Wildman–Crippen MR) is 53.7 cm³/mol. The van der Waals surface area contributed by atoms with Crippen molar-refractivity contribution in [1.29, 1.82) is 0 Å². The van der Waals surface area contributed by atoms with Crippen LogP contribution in [-0.4, -0.2) is 31.8 Å². The first kappa shape index (κ1) is 11.6. The van der Waals surface area contributed by atoms with E-state index < -0.39 is 5.97 Å². The molecule has 82 valence electrons. The highest BCUT2D eigenvalue weighted by molar-refractivity contribution is 6.99. The lowest BCUT2D eigenvalue weighted by Crippen LogP contribution is -2.33. The first-order valence-corrected chi connectivity index (χ1v) is 5.13. The van der Waals surface area contributed by atoms with Crippen LogP contribution in [0, 0.1) is 0 Å². The van der Waals surface area contributed by atoms with Gasteiger partial charge in [0.2, 0.25) is 0 Å². The summed E-state index contributed by atoms with van der Waals surface area (Å²) in [6.45, 7) is 1.75.